The molecule has 0 aromatic rings. The van der Waals surface area contributed by atoms with E-state index in [4.69, 9.17) is 0 Å². The van der Waals surface area contributed by atoms with Gasteiger partial charge in [-0.15, -0.1) is 0 Å². The molecule has 0 aromatic carbocycles. The molecule has 0 aliphatic heterocycles. The van der Waals surface area contributed by atoms with Crippen LogP contribution in [0, 0.1) is 5.41 Å². The second kappa shape index (κ2) is 5.26. The topological polar surface area (TPSA) is 3.24 Å². The summed E-state index contributed by atoms with van der Waals surface area (Å²) < 4.78 is 0. The minimum atomic E-state index is 0.601. The van der Waals surface area contributed by atoms with Crippen molar-refractivity contribution in [3.05, 3.63) is 0 Å². The molecule has 0 radical (unpaired) electrons. The Bertz CT molecular complexity index is 143. The SMILES string of the molecule is CCCCCN(C)CC1(CS)CC1. The van der Waals surface area contributed by atoms with E-state index in [-0.39, 0.29) is 0 Å². The fourth-order valence-corrected chi connectivity index (χ4v) is 2.24. The van der Waals surface area contributed by atoms with Crippen molar-refractivity contribution in [2.24, 2.45) is 5.41 Å². The molecular formula is C11H23NS. The van der Waals surface area contributed by atoms with Crippen LogP contribution in [0.2, 0.25) is 0 Å². The second-order valence-corrected chi connectivity index (χ2v) is 4.92. The maximum absolute atomic E-state index is 4.42. The highest BCUT2D eigenvalue weighted by Gasteiger charge is 2.41. The normalized spacial score (nSPS) is 19.4. The monoisotopic (exact) mass is 201 g/mol. The molecule has 0 unspecified atom stereocenters. The molecule has 1 nitrogen and oxygen atoms in total. The van der Waals surface area contributed by atoms with Gasteiger partial charge in [-0.1, -0.05) is 19.8 Å². The van der Waals surface area contributed by atoms with Gasteiger partial charge < -0.3 is 4.90 Å². The maximum atomic E-state index is 4.42. The van der Waals surface area contributed by atoms with Gasteiger partial charge in [0.15, 0.2) is 0 Å². The summed E-state index contributed by atoms with van der Waals surface area (Å²) in [5.74, 6) is 1.07. The average Bonchev–Trinajstić information content (AvgIpc) is 2.86. The number of unbranched alkanes of at least 4 members (excludes halogenated alkanes) is 2. The zero-order valence-corrected chi connectivity index (χ0v) is 9.95. The minimum Gasteiger partial charge on any atom is -0.306 e. The highest BCUT2D eigenvalue weighted by atomic mass is 32.1. The summed E-state index contributed by atoms with van der Waals surface area (Å²) >= 11 is 4.42. The zero-order chi connectivity index (χ0) is 9.73. The molecule has 0 N–H and O–H groups in total. The quantitative estimate of drug-likeness (QED) is 0.490. The molecule has 0 atom stereocenters. The highest BCUT2D eigenvalue weighted by Crippen LogP contribution is 2.46. The summed E-state index contributed by atoms with van der Waals surface area (Å²) in [6.07, 6.45) is 6.85. The molecule has 13 heavy (non-hydrogen) atoms. The summed E-state index contributed by atoms with van der Waals surface area (Å²) in [7, 11) is 2.25. The minimum absolute atomic E-state index is 0.601. The molecule has 1 rings (SSSR count). The Balaban J connectivity index is 2.07. The smallest absolute Gasteiger partial charge is 0.00427 e. The van der Waals surface area contributed by atoms with Crippen molar-refractivity contribution in [2.45, 2.75) is 39.0 Å². The Labute approximate surface area is 88.3 Å². The van der Waals surface area contributed by atoms with Gasteiger partial charge in [0.25, 0.3) is 0 Å². The summed E-state index contributed by atoms with van der Waals surface area (Å²) in [4.78, 5) is 2.48. The molecule has 78 valence electrons. The molecule has 1 aliphatic carbocycles. The van der Waals surface area contributed by atoms with Gasteiger partial charge >= 0.3 is 0 Å². The van der Waals surface area contributed by atoms with Crippen molar-refractivity contribution in [1.82, 2.24) is 4.90 Å². The van der Waals surface area contributed by atoms with Crippen molar-refractivity contribution in [2.75, 3.05) is 25.9 Å². The lowest BCUT2D eigenvalue weighted by Gasteiger charge is -2.22. The Hall–Kier alpha value is 0.310. The Morgan fingerprint density at radius 3 is 2.46 bits per heavy atom. The van der Waals surface area contributed by atoms with Crippen LogP contribution in [0.4, 0.5) is 0 Å². The molecule has 0 saturated heterocycles. The largest absolute Gasteiger partial charge is 0.306 e. The standard InChI is InChI=1S/C11H23NS/c1-3-4-5-8-12(2)9-11(10-13)6-7-11/h13H,3-10H2,1-2H3. The van der Waals surface area contributed by atoms with Gasteiger partial charge in [-0.3, -0.25) is 0 Å². The Morgan fingerprint density at radius 1 is 1.31 bits per heavy atom. The average molecular weight is 201 g/mol. The first-order chi connectivity index (χ1) is 6.22. The van der Waals surface area contributed by atoms with Gasteiger partial charge in [-0.25, -0.2) is 0 Å². The van der Waals surface area contributed by atoms with E-state index >= 15 is 0 Å². The third-order valence-corrected chi connectivity index (χ3v) is 3.71. The van der Waals surface area contributed by atoms with Crippen molar-refractivity contribution in [3.63, 3.8) is 0 Å². The van der Waals surface area contributed by atoms with Gasteiger partial charge in [-0.2, -0.15) is 12.6 Å². The number of hydrogen-bond acceptors (Lipinski definition) is 2. The lowest BCUT2D eigenvalue weighted by molar-refractivity contribution is 0.272. The van der Waals surface area contributed by atoms with Crippen LogP contribution < -0.4 is 0 Å². The van der Waals surface area contributed by atoms with Crippen LogP contribution in [-0.2, 0) is 0 Å². The summed E-state index contributed by atoms with van der Waals surface area (Å²) in [5, 5.41) is 0. The molecule has 1 fully saturated rings. The lowest BCUT2D eigenvalue weighted by atomic mass is 10.1. The molecule has 1 aliphatic rings. The van der Waals surface area contributed by atoms with Crippen molar-refractivity contribution in [1.29, 1.82) is 0 Å². The van der Waals surface area contributed by atoms with Crippen molar-refractivity contribution < 1.29 is 0 Å². The fourth-order valence-electron chi connectivity index (χ4n) is 1.83. The van der Waals surface area contributed by atoms with Crippen LogP contribution in [0.15, 0.2) is 0 Å². The zero-order valence-electron chi connectivity index (χ0n) is 9.05. The van der Waals surface area contributed by atoms with E-state index in [1.54, 1.807) is 0 Å². The van der Waals surface area contributed by atoms with Crippen LogP contribution in [-0.4, -0.2) is 30.8 Å². The fraction of sp³-hybridized carbons (Fsp3) is 1.00. The molecule has 0 amide bonds. The van der Waals surface area contributed by atoms with Crippen LogP contribution in [0.1, 0.15) is 39.0 Å². The Morgan fingerprint density at radius 2 is 2.00 bits per heavy atom. The molecular weight excluding hydrogens is 178 g/mol. The third-order valence-electron chi connectivity index (χ3n) is 3.04. The first-order valence-corrected chi connectivity index (χ1v) is 6.15. The molecule has 1 saturated carbocycles. The molecule has 2 heteroatoms. The molecule has 0 heterocycles. The van der Waals surface area contributed by atoms with E-state index in [9.17, 15) is 0 Å². The Kier molecular flexibility index (Phi) is 4.60. The highest BCUT2D eigenvalue weighted by molar-refractivity contribution is 7.80. The van der Waals surface area contributed by atoms with Gasteiger partial charge in [0.2, 0.25) is 0 Å². The van der Waals surface area contributed by atoms with Gasteiger partial charge in [0.05, 0.1) is 0 Å². The number of thiol groups is 1. The second-order valence-electron chi connectivity index (χ2n) is 4.60. The van der Waals surface area contributed by atoms with Crippen LogP contribution in [0.3, 0.4) is 0 Å². The molecule has 0 aromatic heterocycles. The van der Waals surface area contributed by atoms with E-state index in [1.165, 1.54) is 45.2 Å². The van der Waals surface area contributed by atoms with Crippen LogP contribution in [0.25, 0.3) is 0 Å². The predicted octanol–water partition coefficient (Wildman–Crippen LogP) is 2.82. The number of rotatable bonds is 7. The first kappa shape index (κ1) is 11.4. The lowest BCUT2D eigenvalue weighted by Crippen LogP contribution is -2.28. The number of nitrogens with zero attached hydrogens (tertiary/aromatic N) is 1. The summed E-state index contributed by atoms with van der Waals surface area (Å²) in [6, 6.07) is 0. The van der Waals surface area contributed by atoms with Crippen LogP contribution >= 0.6 is 12.6 Å². The van der Waals surface area contributed by atoms with Gasteiger partial charge in [0, 0.05) is 6.54 Å². The summed E-state index contributed by atoms with van der Waals surface area (Å²) in [6.45, 7) is 4.79. The van der Waals surface area contributed by atoms with Crippen molar-refractivity contribution >= 4 is 12.6 Å². The molecule has 0 bridgehead atoms. The van der Waals surface area contributed by atoms with Gasteiger partial charge in [-0.05, 0) is 44.0 Å². The molecule has 0 spiro atoms. The van der Waals surface area contributed by atoms with E-state index < -0.39 is 0 Å². The summed E-state index contributed by atoms with van der Waals surface area (Å²) in [5.41, 5.74) is 0.601. The van der Waals surface area contributed by atoms with Crippen LogP contribution in [0.5, 0.6) is 0 Å². The van der Waals surface area contributed by atoms with E-state index in [2.05, 4.69) is 31.5 Å². The number of hydrogen-bond donors (Lipinski definition) is 1. The predicted molar refractivity (Wildman–Crippen MR) is 62.5 cm³/mol. The maximum Gasteiger partial charge on any atom is 0.00427 e. The van der Waals surface area contributed by atoms with Gasteiger partial charge in [0.1, 0.15) is 0 Å². The first-order valence-electron chi connectivity index (χ1n) is 5.52. The van der Waals surface area contributed by atoms with E-state index in [0.29, 0.717) is 5.41 Å². The van der Waals surface area contributed by atoms with E-state index in [1.807, 2.05) is 0 Å². The van der Waals surface area contributed by atoms with E-state index in [0.717, 1.165) is 5.75 Å². The third kappa shape index (κ3) is 3.90. The van der Waals surface area contributed by atoms with Crippen molar-refractivity contribution in [3.8, 4) is 0 Å².